The zero-order valence-electron chi connectivity index (χ0n) is 9.11. The van der Waals surface area contributed by atoms with Crippen LogP contribution in [0.5, 0.6) is 0 Å². The van der Waals surface area contributed by atoms with Crippen molar-refractivity contribution < 1.29 is 9.21 Å². The molecule has 0 atom stereocenters. The van der Waals surface area contributed by atoms with Crippen LogP contribution in [-0.4, -0.2) is 21.4 Å². The normalized spacial score (nSPS) is 10.2. The molecule has 0 unspecified atom stereocenters. The fourth-order valence-corrected chi connectivity index (χ4v) is 1.51. The second-order valence-corrected chi connectivity index (χ2v) is 4.02. The number of nitrogens with one attached hydrogen (secondary N) is 1. The largest absolute Gasteiger partial charge is 0.423 e. The van der Waals surface area contributed by atoms with Gasteiger partial charge in [-0.3, -0.25) is 4.79 Å². The number of aromatic nitrogens is 2. The predicted molar refractivity (Wildman–Crippen MR) is 66.9 cm³/mol. The first-order valence-corrected chi connectivity index (χ1v) is 6.06. The summed E-state index contributed by atoms with van der Waals surface area (Å²) in [6.07, 6.45) is 1.27. The summed E-state index contributed by atoms with van der Waals surface area (Å²) >= 11 is 3.10. The van der Waals surface area contributed by atoms with Gasteiger partial charge in [0.05, 0.1) is 5.33 Å². The average Bonchev–Trinajstić information content (AvgIpc) is 2.85. The number of hydrogen-bond donors (Lipinski definition) is 1. The van der Waals surface area contributed by atoms with Gasteiger partial charge < -0.3 is 9.73 Å². The van der Waals surface area contributed by atoms with Crippen LogP contribution >= 0.6 is 15.9 Å². The molecule has 17 heavy (non-hydrogen) atoms. The van der Waals surface area contributed by atoms with Gasteiger partial charge in [0, 0.05) is 11.3 Å². The number of rotatable bonds is 3. The molecule has 0 radical (unpaired) electrons. The third-order valence-corrected chi connectivity index (χ3v) is 2.75. The summed E-state index contributed by atoms with van der Waals surface area (Å²) in [5.74, 6) is 0.329. The second-order valence-electron chi connectivity index (χ2n) is 3.46. The van der Waals surface area contributed by atoms with E-state index in [2.05, 4.69) is 31.4 Å². The lowest BCUT2D eigenvalue weighted by Gasteiger charge is -2.08. The van der Waals surface area contributed by atoms with Crippen molar-refractivity contribution in [1.29, 1.82) is 0 Å². The third kappa shape index (κ3) is 2.71. The highest BCUT2D eigenvalue weighted by Crippen LogP contribution is 2.23. The summed E-state index contributed by atoms with van der Waals surface area (Å²) in [4.78, 5) is 11.3. The first-order chi connectivity index (χ1) is 8.20. The van der Waals surface area contributed by atoms with Crippen LogP contribution in [0.4, 0.5) is 5.69 Å². The molecule has 88 valence electrons. The molecular formula is C11H10BrN3O2. The van der Waals surface area contributed by atoms with E-state index in [1.807, 2.05) is 25.1 Å². The Bertz CT molecular complexity index is 526. The lowest BCUT2D eigenvalue weighted by molar-refractivity contribution is -0.113. The van der Waals surface area contributed by atoms with E-state index in [4.69, 9.17) is 4.42 Å². The summed E-state index contributed by atoms with van der Waals surface area (Å²) in [6.45, 7) is 1.92. The van der Waals surface area contributed by atoms with E-state index in [0.717, 1.165) is 16.8 Å². The fourth-order valence-electron chi connectivity index (χ4n) is 1.37. The quantitative estimate of drug-likeness (QED) is 0.883. The minimum Gasteiger partial charge on any atom is -0.423 e. The molecule has 0 aliphatic heterocycles. The molecule has 0 fully saturated rings. The molecule has 6 heteroatoms. The monoisotopic (exact) mass is 295 g/mol. The number of aryl methyl sites for hydroxylation is 1. The molecular weight excluding hydrogens is 286 g/mol. The van der Waals surface area contributed by atoms with Gasteiger partial charge in [0.1, 0.15) is 0 Å². The van der Waals surface area contributed by atoms with Crippen LogP contribution in [0.2, 0.25) is 0 Å². The number of carbonyl (C=O) groups excluding carboxylic acids is 1. The van der Waals surface area contributed by atoms with Crippen molar-refractivity contribution in [3.05, 3.63) is 30.2 Å². The Kier molecular flexibility index (Phi) is 3.53. The maximum Gasteiger partial charge on any atom is 0.247 e. The number of amides is 1. The maximum atomic E-state index is 11.3. The van der Waals surface area contributed by atoms with Crippen LogP contribution in [0.25, 0.3) is 11.5 Å². The van der Waals surface area contributed by atoms with Crippen LogP contribution in [0.1, 0.15) is 5.56 Å². The molecule has 0 saturated heterocycles. The molecule has 0 spiro atoms. The standard InChI is InChI=1S/C11H10BrN3O2/c1-7-2-3-8(11-15-13-6-17-11)4-9(7)14-10(16)5-12/h2-4,6H,5H2,1H3,(H,14,16). The van der Waals surface area contributed by atoms with Gasteiger partial charge >= 0.3 is 0 Å². The summed E-state index contributed by atoms with van der Waals surface area (Å²) in [5, 5.41) is 10.5. The highest BCUT2D eigenvalue weighted by atomic mass is 79.9. The number of anilines is 1. The van der Waals surface area contributed by atoms with Crippen molar-refractivity contribution in [3.63, 3.8) is 0 Å². The van der Waals surface area contributed by atoms with Crippen molar-refractivity contribution >= 4 is 27.5 Å². The van der Waals surface area contributed by atoms with Crippen molar-refractivity contribution in [2.45, 2.75) is 6.92 Å². The van der Waals surface area contributed by atoms with Gasteiger partial charge in [0.15, 0.2) is 0 Å². The molecule has 1 aromatic carbocycles. The Labute approximate surface area is 106 Å². The van der Waals surface area contributed by atoms with Crippen molar-refractivity contribution in [2.24, 2.45) is 0 Å². The van der Waals surface area contributed by atoms with Gasteiger partial charge in [-0.2, -0.15) is 0 Å². The molecule has 5 nitrogen and oxygen atoms in total. The van der Waals surface area contributed by atoms with Crippen LogP contribution in [0.15, 0.2) is 29.0 Å². The molecule has 1 N–H and O–H groups in total. The minimum absolute atomic E-state index is 0.101. The highest BCUT2D eigenvalue weighted by molar-refractivity contribution is 9.09. The van der Waals surface area contributed by atoms with Crippen molar-refractivity contribution in [1.82, 2.24) is 10.2 Å². The van der Waals surface area contributed by atoms with E-state index < -0.39 is 0 Å². The molecule has 0 aliphatic rings. The molecule has 2 rings (SSSR count). The van der Waals surface area contributed by atoms with Gasteiger partial charge in [0.2, 0.25) is 18.2 Å². The van der Waals surface area contributed by atoms with Gasteiger partial charge in [-0.25, -0.2) is 0 Å². The maximum absolute atomic E-state index is 11.3. The van der Waals surface area contributed by atoms with E-state index in [-0.39, 0.29) is 11.2 Å². The van der Waals surface area contributed by atoms with Gasteiger partial charge in [-0.05, 0) is 24.6 Å². The Morgan fingerprint density at radius 2 is 2.35 bits per heavy atom. The van der Waals surface area contributed by atoms with E-state index in [9.17, 15) is 4.79 Å². The summed E-state index contributed by atoms with van der Waals surface area (Å²) < 4.78 is 5.10. The van der Waals surface area contributed by atoms with E-state index >= 15 is 0 Å². The highest BCUT2D eigenvalue weighted by Gasteiger charge is 2.08. The second kappa shape index (κ2) is 5.09. The molecule has 2 aromatic rings. The lowest BCUT2D eigenvalue weighted by atomic mass is 10.1. The van der Waals surface area contributed by atoms with Gasteiger partial charge in [-0.1, -0.05) is 22.0 Å². The first kappa shape index (κ1) is 11.8. The summed E-state index contributed by atoms with van der Waals surface area (Å²) in [7, 11) is 0. The number of carbonyl (C=O) groups is 1. The smallest absolute Gasteiger partial charge is 0.247 e. The predicted octanol–water partition coefficient (Wildman–Crippen LogP) is 2.38. The fraction of sp³-hybridized carbons (Fsp3) is 0.182. The van der Waals surface area contributed by atoms with E-state index in [1.54, 1.807) is 0 Å². The summed E-state index contributed by atoms with van der Waals surface area (Å²) in [6, 6.07) is 5.57. The number of hydrogen-bond acceptors (Lipinski definition) is 4. The molecule has 1 heterocycles. The van der Waals surface area contributed by atoms with Gasteiger partial charge in [0.25, 0.3) is 0 Å². The Morgan fingerprint density at radius 1 is 1.53 bits per heavy atom. The molecule has 0 bridgehead atoms. The minimum atomic E-state index is -0.101. The Balaban J connectivity index is 2.33. The van der Waals surface area contributed by atoms with E-state index in [1.165, 1.54) is 6.39 Å². The third-order valence-electron chi connectivity index (χ3n) is 2.24. The average molecular weight is 296 g/mol. The first-order valence-electron chi connectivity index (χ1n) is 4.93. The Morgan fingerprint density at radius 3 is 3.00 bits per heavy atom. The zero-order valence-corrected chi connectivity index (χ0v) is 10.7. The molecule has 0 aliphatic carbocycles. The number of nitrogens with zero attached hydrogens (tertiary/aromatic N) is 2. The van der Waals surface area contributed by atoms with Crippen LogP contribution in [0.3, 0.4) is 0 Å². The van der Waals surface area contributed by atoms with Crippen molar-refractivity contribution in [2.75, 3.05) is 10.6 Å². The van der Waals surface area contributed by atoms with E-state index in [0.29, 0.717) is 5.89 Å². The zero-order chi connectivity index (χ0) is 12.3. The topological polar surface area (TPSA) is 68.0 Å². The SMILES string of the molecule is Cc1ccc(-c2nnco2)cc1NC(=O)CBr. The number of alkyl halides is 1. The number of halogens is 1. The summed E-state index contributed by atoms with van der Waals surface area (Å²) in [5.41, 5.74) is 2.49. The molecule has 1 aromatic heterocycles. The number of benzene rings is 1. The van der Waals surface area contributed by atoms with Crippen LogP contribution in [0, 0.1) is 6.92 Å². The lowest BCUT2D eigenvalue weighted by Crippen LogP contribution is -2.13. The Hall–Kier alpha value is -1.69. The van der Waals surface area contributed by atoms with Crippen LogP contribution in [-0.2, 0) is 4.79 Å². The molecule has 1 amide bonds. The van der Waals surface area contributed by atoms with Crippen LogP contribution < -0.4 is 5.32 Å². The molecule has 0 saturated carbocycles. The van der Waals surface area contributed by atoms with Crippen molar-refractivity contribution in [3.8, 4) is 11.5 Å². The van der Waals surface area contributed by atoms with Gasteiger partial charge in [-0.15, -0.1) is 10.2 Å².